The lowest BCUT2D eigenvalue weighted by Crippen LogP contribution is -2.07. The first-order chi connectivity index (χ1) is 4.20. The monoisotopic (exact) mass is 205 g/mol. The predicted octanol–water partition coefficient (Wildman–Crippen LogP) is 1.68. The second kappa shape index (κ2) is 2.49. The second-order valence-electron chi connectivity index (χ2n) is 1.49. The molecule has 1 aromatic rings. The zero-order valence-corrected chi connectivity index (χ0v) is 6.83. The first kappa shape index (κ1) is 6.77. The van der Waals surface area contributed by atoms with Crippen LogP contribution in [0.3, 0.4) is 0 Å². The average Bonchev–Trinajstić information content (AvgIpc) is 2.14. The Kier molecular flexibility index (Phi) is 1.87. The first-order valence-corrected chi connectivity index (χ1v) is 3.44. The minimum atomic E-state index is 0.278. The molecule has 0 radical (unpaired) electrons. The zero-order valence-electron chi connectivity index (χ0n) is 4.43. The standard InChI is InChI=1S/C5H4BrNOS/c6-3-1-4(5(7)9)8-2-3/h1-2H,(H2,7,9). The fourth-order valence-corrected chi connectivity index (χ4v) is 0.851. The van der Waals surface area contributed by atoms with Gasteiger partial charge >= 0.3 is 0 Å². The number of furan rings is 1. The molecule has 4 heteroatoms. The molecular weight excluding hydrogens is 202 g/mol. The SMILES string of the molecule is NC(=S)c1cc(Br)co1. The van der Waals surface area contributed by atoms with Crippen molar-refractivity contribution in [3.05, 3.63) is 22.6 Å². The number of rotatable bonds is 1. The van der Waals surface area contributed by atoms with Crippen molar-refractivity contribution in [3.63, 3.8) is 0 Å². The van der Waals surface area contributed by atoms with Gasteiger partial charge in [-0.15, -0.1) is 0 Å². The number of thiocarbonyl (C=S) groups is 1. The molecule has 2 N–H and O–H groups in total. The summed E-state index contributed by atoms with van der Waals surface area (Å²) in [5, 5.41) is 0. The van der Waals surface area contributed by atoms with Crippen LogP contribution in [0, 0.1) is 0 Å². The van der Waals surface area contributed by atoms with Crippen LogP contribution in [0.5, 0.6) is 0 Å². The van der Waals surface area contributed by atoms with E-state index in [2.05, 4.69) is 28.1 Å². The molecule has 0 fully saturated rings. The van der Waals surface area contributed by atoms with Gasteiger partial charge in [0, 0.05) is 6.07 Å². The van der Waals surface area contributed by atoms with Crippen molar-refractivity contribution in [1.29, 1.82) is 0 Å². The largest absolute Gasteiger partial charge is 0.461 e. The maximum absolute atomic E-state index is 5.24. The molecule has 0 spiro atoms. The maximum atomic E-state index is 5.24. The molecule has 0 aliphatic rings. The molecule has 9 heavy (non-hydrogen) atoms. The summed E-state index contributed by atoms with van der Waals surface area (Å²) >= 11 is 7.83. The molecule has 0 aromatic carbocycles. The number of hydrogen-bond donors (Lipinski definition) is 1. The predicted molar refractivity (Wildman–Crippen MR) is 42.3 cm³/mol. The fourth-order valence-electron chi connectivity index (χ4n) is 0.442. The Hall–Kier alpha value is -0.350. The van der Waals surface area contributed by atoms with E-state index in [9.17, 15) is 0 Å². The van der Waals surface area contributed by atoms with E-state index in [1.54, 1.807) is 6.07 Å². The Labute approximate surface area is 66.2 Å². The van der Waals surface area contributed by atoms with Crippen LogP contribution in [0.1, 0.15) is 5.76 Å². The summed E-state index contributed by atoms with van der Waals surface area (Å²) < 4.78 is 5.76. The molecule has 0 bridgehead atoms. The lowest BCUT2D eigenvalue weighted by Gasteiger charge is -1.84. The van der Waals surface area contributed by atoms with Gasteiger partial charge < -0.3 is 10.2 Å². The molecule has 0 aliphatic heterocycles. The van der Waals surface area contributed by atoms with Crippen LogP contribution in [0.25, 0.3) is 0 Å². The highest BCUT2D eigenvalue weighted by atomic mass is 79.9. The fraction of sp³-hybridized carbons (Fsp3) is 0. The van der Waals surface area contributed by atoms with Gasteiger partial charge in [-0.25, -0.2) is 0 Å². The van der Waals surface area contributed by atoms with Gasteiger partial charge in [-0.3, -0.25) is 0 Å². The molecule has 2 nitrogen and oxygen atoms in total. The van der Waals surface area contributed by atoms with E-state index in [-0.39, 0.29) is 4.99 Å². The Morgan fingerprint density at radius 1 is 1.78 bits per heavy atom. The van der Waals surface area contributed by atoms with Gasteiger partial charge in [0.1, 0.15) is 11.3 Å². The average molecular weight is 206 g/mol. The summed E-state index contributed by atoms with van der Waals surface area (Å²) in [6.07, 6.45) is 1.54. The maximum Gasteiger partial charge on any atom is 0.161 e. The van der Waals surface area contributed by atoms with Crippen LogP contribution >= 0.6 is 28.1 Å². The van der Waals surface area contributed by atoms with Crippen molar-refractivity contribution in [2.24, 2.45) is 5.73 Å². The van der Waals surface area contributed by atoms with Crippen LogP contribution in [-0.4, -0.2) is 4.99 Å². The van der Waals surface area contributed by atoms with Gasteiger partial charge in [0.05, 0.1) is 4.47 Å². The minimum Gasteiger partial charge on any atom is -0.461 e. The van der Waals surface area contributed by atoms with Gasteiger partial charge in [-0.2, -0.15) is 0 Å². The Balaban J connectivity index is 2.98. The lowest BCUT2D eigenvalue weighted by atomic mass is 10.5. The molecule has 1 rings (SSSR count). The van der Waals surface area contributed by atoms with Gasteiger partial charge in [0.2, 0.25) is 0 Å². The van der Waals surface area contributed by atoms with Crippen molar-refractivity contribution >= 4 is 33.1 Å². The van der Waals surface area contributed by atoms with Crippen molar-refractivity contribution < 1.29 is 4.42 Å². The smallest absolute Gasteiger partial charge is 0.161 e. The normalized spacial score (nSPS) is 9.44. The van der Waals surface area contributed by atoms with E-state index in [0.717, 1.165) is 4.47 Å². The minimum absolute atomic E-state index is 0.278. The molecule has 0 unspecified atom stereocenters. The molecule has 48 valence electrons. The van der Waals surface area contributed by atoms with E-state index >= 15 is 0 Å². The van der Waals surface area contributed by atoms with Crippen LogP contribution in [0.15, 0.2) is 21.2 Å². The van der Waals surface area contributed by atoms with Crippen molar-refractivity contribution in [2.75, 3.05) is 0 Å². The topological polar surface area (TPSA) is 39.2 Å². The van der Waals surface area contributed by atoms with Crippen LogP contribution in [0.2, 0.25) is 0 Å². The number of nitrogens with two attached hydrogens (primary N) is 1. The van der Waals surface area contributed by atoms with Gasteiger partial charge in [-0.1, -0.05) is 12.2 Å². The van der Waals surface area contributed by atoms with Crippen molar-refractivity contribution in [2.45, 2.75) is 0 Å². The van der Waals surface area contributed by atoms with Gasteiger partial charge in [0.25, 0.3) is 0 Å². The Bertz CT molecular complexity index is 233. The van der Waals surface area contributed by atoms with E-state index in [0.29, 0.717) is 5.76 Å². The van der Waals surface area contributed by atoms with Crippen molar-refractivity contribution in [1.82, 2.24) is 0 Å². The highest BCUT2D eigenvalue weighted by Gasteiger charge is 1.99. The highest BCUT2D eigenvalue weighted by Crippen LogP contribution is 2.13. The molecule has 0 saturated heterocycles. The Morgan fingerprint density at radius 3 is 2.67 bits per heavy atom. The van der Waals surface area contributed by atoms with Crippen LogP contribution in [0.4, 0.5) is 0 Å². The van der Waals surface area contributed by atoms with Crippen LogP contribution < -0.4 is 5.73 Å². The lowest BCUT2D eigenvalue weighted by molar-refractivity contribution is 0.557. The summed E-state index contributed by atoms with van der Waals surface area (Å²) in [4.78, 5) is 0.278. The summed E-state index contributed by atoms with van der Waals surface area (Å²) in [6.45, 7) is 0. The second-order valence-corrected chi connectivity index (χ2v) is 2.85. The number of halogens is 1. The third-order valence-corrected chi connectivity index (χ3v) is 1.43. The molecule has 0 amide bonds. The molecule has 0 saturated carbocycles. The van der Waals surface area contributed by atoms with E-state index in [1.807, 2.05) is 0 Å². The molecule has 1 aromatic heterocycles. The first-order valence-electron chi connectivity index (χ1n) is 2.24. The van der Waals surface area contributed by atoms with E-state index < -0.39 is 0 Å². The van der Waals surface area contributed by atoms with Gasteiger partial charge in [0.15, 0.2) is 5.76 Å². The summed E-state index contributed by atoms with van der Waals surface area (Å²) in [5.41, 5.74) is 5.24. The summed E-state index contributed by atoms with van der Waals surface area (Å²) in [6, 6.07) is 1.72. The molecule has 0 atom stereocenters. The van der Waals surface area contributed by atoms with Crippen molar-refractivity contribution in [3.8, 4) is 0 Å². The molecular formula is C5H4BrNOS. The third kappa shape index (κ3) is 1.53. The molecule has 0 aliphatic carbocycles. The zero-order chi connectivity index (χ0) is 6.85. The number of hydrogen-bond acceptors (Lipinski definition) is 2. The highest BCUT2D eigenvalue weighted by molar-refractivity contribution is 9.10. The van der Waals surface area contributed by atoms with Crippen LogP contribution in [-0.2, 0) is 0 Å². The molecule has 1 heterocycles. The summed E-state index contributed by atoms with van der Waals surface area (Å²) in [7, 11) is 0. The third-order valence-electron chi connectivity index (χ3n) is 0.810. The Morgan fingerprint density at radius 2 is 2.44 bits per heavy atom. The summed E-state index contributed by atoms with van der Waals surface area (Å²) in [5.74, 6) is 0.539. The van der Waals surface area contributed by atoms with E-state index in [1.165, 1.54) is 6.26 Å². The quantitative estimate of drug-likeness (QED) is 0.710. The van der Waals surface area contributed by atoms with Gasteiger partial charge in [-0.05, 0) is 15.9 Å². The van der Waals surface area contributed by atoms with E-state index in [4.69, 9.17) is 10.2 Å².